The summed E-state index contributed by atoms with van der Waals surface area (Å²) in [5.41, 5.74) is 0. The fourth-order valence-corrected chi connectivity index (χ4v) is 0.975. The van der Waals surface area contributed by atoms with Gasteiger partial charge in [0.05, 0.1) is 12.7 Å². The number of rotatable bonds is 6. The van der Waals surface area contributed by atoms with Crippen molar-refractivity contribution in [3.05, 3.63) is 0 Å². The molecule has 0 saturated heterocycles. The minimum Gasteiger partial charge on any atom is -0.466 e. The second kappa shape index (κ2) is 7.10. The lowest BCUT2D eigenvalue weighted by Crippen LogP contribution is -2.15. The predicted molar refractivity (Wildman–Crippen MR) is 47.0 cm³/mol. The summed E-state index contributed by atoms with van der Waals surface area (Å²) < 4.78 is 10.2. The van der Waals surface area contributed by atoms with Gasteiger partial charge in [-0.15, -0.1) is 0 Å². The molecule has 0 aliphatic carbocycles. The Morgan fingerprint density at radius 3 is 2.50 bits per heavy atom. The number of esters is 1. The summed E-state index contributed by atoms with van der Waals surface area (Å²) in [6, 6.07) is 0. The molecule has 0 N–H and O–H groups in total. The molecule has 0 spiro atoms. The third kappa shape index (κ3) is 6.16. The van der Waals surface area contributed by atoms with E-state index in [1.807, 2.05) is 6.92 Å². The molecule has 0 aliphatic heterocycles. The minimum atomic E-state index is -0.221. The van der Waals surface area contributed by atoms with Crippen LogP contribution in [0.15, 0.2) is 0 Å². The van der Waals surface area contributed by atoms with Gasteiger partial charge in [0.25, 0.3) is 0 Å². The summed E-state index contributed by atoms with van der Waals surface area (Å²) in [6.07, 6.45) is 1.99. The van der Waals surface area contributed by atoms with Crippen LogP contribution in [-0.2, 0) is 14.3 Å². The van der Waals surface area contributed by atoms with Gasteiger partial charge in [-0.1, -0.05) is 6.92 Å². The van der Waals surface area contributed by atoms with Crippen molar-refractivity contribution in [1.29, 1.82) is 0 Å². The highest BCUT2D eigenvalue weighted by atomic mass is 16.5. The van der Waals surface area contributed by atoms with Crippen molar-refractivity contribution in [1.82, 2.24) is 0 Å². The quantitative estimate of drug-likeness (QED) is 0.575. The number of carbonyl (C=O) groups is 1. The van der Waals surface area contributed by atoms with E-state index in [9.17, 15) is 4.79 Å². The summed E-state index contributed by atoms with van der Waals surface area (Å²) in [4.78, 5) is 10.4. The van der Waals surface area contributed by atoms with Crippen molar-refractivity contribution < 1.29 is 14.3 Å². The molecule has 0 radical (unpaired) electrons. The van der Waals surface area contributed by atoms with Crippen LogP contribution in [-0.4, -0.2) is 25.3 Å². The standard InChI is InChI=1S/C9H18O3/c1-4-9(11-5-2)6-7-12-8(3)10/h9H,4-7H2,1-3H3. The van der Waals surface area contributed by atoms with Crippen LogP contribution >= 0.6 is 0 Å². The van der Waals surface area contributed by atoms with Crippen LogP contribution in [0.1, 0.15) is 33.6 Å². The smallest absolute Gasteiger partial charge is 0.302 e. The summed E-state index contributed by atoms with van der Waals surface area (Å²) >= 11 is 0. The maximum absolute atomic E-state index is 10.4. The Balaban J connectivity index is 3.37. The van der Waals surface area contributed by atoms with Crippen molar-refractivity contribution >= 4 is 5.97 Å². The molecule has 0 fully saturated rings. The van der Waals surface area contributed by atoms with Crippen LogP contribution in [0.5, 0.6) is 0 Å². The lowest BCUT2D eigenvalue weighted by atomic mass is 10.2. The van der Waals surface area contributed by atoms with Gasteiger partial charge in [-0.3, -0.25) is 4.79 Å². The maximum atomic E-state index is 10.4. The molecule has 0 aromatic heterocycles. The molecule has 0 aromatic rings. The molecule has 12 heavy (non-hydrogen) atoms. The van der Waals surface area contributed by atoms with Gasteiger partial charge in [0.2, 0.25) is 0 Å². The molecule has 0 heterocycles. The van der Waals surface area contributed by atoms with Crippen molar-refractivity contribution in [2.24, 2.45) is 0 Å². The number of carbonyl (C=O) groups excluding carboxylic acids is 1. The van der Waals surface area contributed by atoms with Crippen molar-refractivity contribution in [2.75, 3.05) is 13.2 Å². The summed E-state index contributed by atoms with van der Waals surface area (Å²) in [6.45, 7) is 6.64. The van der Waals surface area contributed by atoms with E-state index in [-0.39, 0.29) is 12.1 Å². The Hall–Kier alpha value is -0.570. The normalized spacial score (nSPS) is 12.6. The topological polar surface area (TPSA) is 35.5 Å². The van der Waals surface area contributed by atoms with Gasteiger partial charge in [-0.05, 0) is 13.3 Å². The fraction of sp³-hybridized carbons (Fsp3) is 0.889. The third-order valence-electron chi connectivity index (χ3n) is 1.60. The van der Waals surface area contributed by atoms with E-state index >= 15 is 0 Å². The zero-order valence-corrected chi connectivity index (χ0v) is 8.13. The molecule has 72 valence electrons. The Bertz CT molecular complexity index is 123. The molecule has 0 aliphatic rings. The van der Waals surface area contributed by atoms with E-state index in [1.165, 1.54) is 6.92 Å². The lowest BCUT2D eigenvalue weighted by molar-refractivity contribution is -0.141. The molecular formula is C9H18O3. The fourth-order valence-electron chi connectivity index (χ4n) is 0.975. The van der Waals surface area contributed by atoms with Gasteiger partial charge in [-0.2, -0.15) is 0 Å². The Kier molecular flexibility index (Phi) is 6.76. The van der Waals surface area contributed by atoms with E-state index in [4.69, 9.17) is 9.47 Å². The first kappa shape index (κ1) is 11.4. The molecule has 0 saturated carbocycles. The molecule has 3 nitrogen and oxygen atoms in total. The summed E-state index contributed by atoms with van der Waals surface area (Å²) in [5.74, 6) is -0.221. The molecule has 1 atom stereocenters. The maximum Gasteiger partial charge on any atom is 0.302 e. The highest BCUT2D eigenvalue weighted by Crippen LogP contribution is 2.03. The first-order chi connectivity index (χ1) is 5.70. The second-order valence-corrected chi connectivity index (χ2v) is 2.61. The van der Waals surface area contributed by atoms with Crippen molar-refractivity contribution in [3.8, 4) is 0 Å². The average molecular weight is 174 g/mol. The largest absolute Gasteiger partial charge is 0.466 e. The van der Waals surface area contributed by atoms with Gasteiger partial charge < -0.3 is 9.47 Å². The monoisotopic (exact) mass is 174 g/mol. The van der Waals surface area contributed by atoms with Crippen LogP contribution < -0.4 is 0 Å². The summed E-state index contributed by atoms with van der Waals surface area (Å²) in [5, 5.41) is 0. The van der Waals surface area contributed by atoms with Crippen LogP contribution in [0.25, 0.3) is 0 Å². The lowest BCUT2D eigenvalue weighted by Gasteiger charge is -2.13. The molecule has 0 rings (SSSR count). The predicted octanol–water partition coefficient (Wildman–Crippen LogP) is 1.75. The van der Waals surface area contributed by atoms with Crippen molar-refractivity contribution in [2.45, 2.75) is 39.7 Å². The van der Waals surface area contributed by atoms with Crippen LogP contribution in [0, 0.1) is 0 Å². The minimum absolute atomic E-state index is 0.221. The van der Waals surface area contributed by atoms with Gasteiger partial charge in [0.1, 0.15) is 0 Å². The van der Waals surface area contributed by atoms with E-state index in [1.54, 1.807) is 0 Å². The molecule has 0 aromatic carbocycles. The first-order valence-electron chi connectivity index (χ1n) is 4.45. The van der Waals surface area contributed by atoms with Gasteiger partial charge in [-0.25, -0.2) is 0 Å². The highest BCUT2D eigenvalue weighted by molar-refractivity contribution is 5.65. The molecular weight excluding hydrogens is 156 g/mol. The van der Waals surface area contributed by atoms with Gasteiger partial charge >= 0.3 is 5.97 Å². The SMILES string of the molecule is CCOC(CC)CCOC(C)=O. The molecule has 1 unspecified atom stereocenters. The Morgan fingerprint density at radius 1 is 1.42 bits per heavy atom. The molecule has 0 amide bonds. The second-order valence-electron chi connectivity index (χ2n) is 2.61. The third-order valence-corrected chi connectivity index (χ3v) is 1.60. The summed E-state index contributed by atoms with van der Waals surface area (Å²) in [7, 11) is 0. The van der Waals surface area contributed by atoms with E-state index in [2.05, 4.69) is 6.92 Å². The number of hydrogen-bond donors (Lipinski definition) is 0. The molecule has 3 heteroatoms. The Morgan fingerprint density at radius 2 is 2.08 bits per heavy atom. The molecule has 0 bridgehead atoms. The zero-order chi connectivity index (χ0) is 9.40. The van der Waals surface area contributed by atoms with E-state index < -0.39 is 0 Å². The number of ether oxygens (including phenoxy) is 2. The Labute approximate surface area is 74.0 Å². The van der Waals surface area contributed by atoms with E-state index in [0.717, 1.165) is 19.4 Å². The average Bonchev–Trinajstić information content (AvgIpc) is 2.02. The van der Waals surface area contributed by atoms with Crippen LogP contribution in [0.3, 0.4) is 0 Å². The zero-order valence-electron chi connectivity index (χ0n) is 8.13. The van der Waals surface area contributed by atoms with Crippen LogP contribution in [0.2, 0.25) is 0 Å². The van der Waals surface area contributed by atoms with Crippen molar-refractivity contribution in [3.63, 3.8) is 0 Å². The van der Waals surface area contributed by atoms with E-state index in [0.29, 0.717) is 6.61 Å². The van der Waals surface area contributed by atoms with Crippen LogP contribution in [0.4, 0.5) is 0 Å². The number of hydrogen-bond acceptors (Lipinski definition) is 3. The van der Waals surface area contributed by atoms with Gasteiger partial charge in [0.15, 0.2) is 0 Å². The first-order valence-corrected chi connectivity index (χ1v) is 4.45. The van der Waals surface area contributed by atoms with Gasteiger partial charge in [0, 0.05) is 20.0 Å². The highest BCUT2D eigenvalue weighted by Gasteiger charge is 2.05.